The van der Waals surface area contributed by atoms with Crippen molar-refractivity contribution in [1.29, 1.82) is 0 Å². The van der Waals surface area contributed by atoms with Gasteiger partial charge >= 0.3 is 0 Å². The molecule has 0 bridgehead atoms. The fourth-order valence-corrected chi connectivity index (χ4v) is 3.02. The first-order valence-electron chi connectivity index (χ1n) is 6.04. The summed E-state index contributed by atoms with van der Waals surface area (Å²) in [6.07, 6.45) is 0.387. The summed E-state index contributed by atoms with van der Waals surface area (Å²) < 4.78 is 12.1. The maximum atomic E-state index is 12.1. The number of nitro groups is 1. The summed E-state index contributed by atoms with van der Waals surface area (Å²) in [4.78, 5) is 11.1. The van der Waals surface area contributed by atoms with Crippen LogP contribution in [0, 0.1) is 10.1 Å². The Morgan fingerprint density at radius 3 is 2.60 bits per heavy atom. The van der Waals surface area contributed by atoms with Crippen LogP contribution in [0.1, 0.15) is 5.56 Å². The van der Waals surface area contributed by atoms with E-state index in [-0.39, 0.29) is 5.69 Å². The quantitative estimate of drug-likeness (QED) is 0.521. The molecule has 5 nitrogen and oxygen atoms in total. The van der Waals surface area contributed by atoms with Crippen LogP contribution < -0.4 is 5.73 Å². The molecular formula is C14H14N2O3S. The van der Waals surface area contributed by atoms with Crippen molar-refractivity contribution in [3.63, 3.8) is 0 Å². The van der Waals surface area contributed by atoms with Crippen LogP contribution in [-0.2, 0) is 17.2 Å². The number of nitrogen functional groups attached to an aromatic ring is 1. The third-order valence-corrected chi connectivity index (χ3v) is 4.22. The molecule has 1 unspecified atom stereocenters. The van der Waals surface area contributed by atoms with Crippen LogP contribution >= 0.6 is 0 Å². The van der Waals surface area contributed by atoms with E-state index in [9.17, 15) is 14.3 Å². The third-order valence-electron chi connectivity index (χ3n) is 2.87. The predicted octanol–water partition coefficient (Wildman–Crippen LogP) is 2.53. The van der Waals surface area contributed by atoms with Crippen LogP contribution in [-0.4, -0.2) is 14.9 Å². The maximum Gasteiger partial charge on any atom is 0.272 e. The lowest BCUT2D eigenvalue weighted by Gasteiger charge is -2.04. The molecule has 2 aromatic rings. The van der Waals surface area contributed by atoms with Gasteiger partial charge in [0.1, 0.15) is 0 Å². The number of benzene rings is 2. The second-order valence-electron chi connectivity index (χ2n) is 4.26. The summed E-state index contributed by atoms with van der Waals surface area (Å²) in [5, 5.41) is 10.9. The monoisotopic (exact) mass is 290 g/mol. The van der Waals surface area contributed by atoms with Gasteiger partial charge in [-0.3, -0.25) is 14.3 Å². The largest absolute Gasteiger partial charge is 0.399 e. The van der Waals surface area contributed by atoms with Gasteiger partial charge in [-0.1, -0.05) is 24.3 Å². The van der Waals surface area contributed by atoms with E-state index in [1.807, 2.05) is 0 Å². The molecule has 0 heterocycles. The van der Waals surface area contributed by atoms with E-state index in [2.05, 4.69) is 0 Å². The van der Waals surface area contributed by atoms with Gasteiger partial charge in [0, 0.05) is 28.0 Å². The van der Waals surface area contributed by atoms with Crippen LogP contribution in [0.15, 0.2) is 53.4 Å². The first-order chi connectivity index (χ1) is 9.58. The van der Waals surface area contributed by atoms with Gasteiger partial charge in [-0.15, -0.1) is 0 Å². The Morgan fingerprint density at radius 2 is 1.90 bits per heavy atom. The number of para-hydroxylation sites is 1. The summed E-state index contributed by atoms with van der Waals surface area (Å²) in [5.41, 5.74) is 6.86. The summed E-state index contributed by atoms with van der Waals surface area (Å²) in [7, 11) is -1.22. The Hall–Kier alpha value is -2.21. The van der Waals surface area contributed by atoms with Gasteiger partial charge in [0.05, 0.1) is 15.7 Å². The first-order valence-corrected chi connectivity index (χ1v) is 7.36. The molecule has 1 atom stereocenters. The van der Waals surface area contributed by atoms with Crippen molar-refractivity contribution >= 4 is 22.2 Å². The van der Waals surface area contributed by atoms with Crippen molar-refractivity contribution < 1.29 is 9.13 Å². The molecule has 0 aliphatic rings. The molecule has 104 valence electrons. The fraction of sp³-hybridized carbons (Fsp3) is 0.143. The van der Waals surface area contributed by atoms with E-state index < -0.39 is 15.7 Å². The van der Waals surface area contributed by atoms with Crippen LogP contribution in [0.4, 0.5) is 11.4 Å². The molecule has 0 saturated heterocycles. The van der Waals surface area contributed by atoms with E-state index in [1.165, 1.54) is 6.07 Å². The Morgan fingerprint density at radius 1 is 1.15 bits per heavy atom. The highest BCUT2D eigenvalue weighted by Gasteiger charge is 2.13. The molecule has 0 fully saturated rings. The molecule has 0 radical (unpaired) electrons. The van der Waals surface area contributed by atoms with Crippen molar-refractivity contribution in [2.24, 2.45) is 0 Å². The number of nitrogens with two attached hydrogens (primary N) is 1. The fourth-order valence-electron chi connectivity index (χ4n) is 1.88. The molecular weight excluding hydrogens is 276 g/mol. The number of aryl methyl sites for hydroxylation is 1. The maximum absolute atomic E-state index is 12.1. The predicted molar refractivity (Wildman–Crippen MR) is 78.9 cm³/mol. The Balaban J connectivity index is 2.09. The zero-order chi connectivity index (χ0) is 14.5. The Kier molecular flexibility index (Phi) is 4.47. The van der Waals surface area contributed by atoms with Crippen LogP contribution in [0.2, 0.25) is 0 Å². The molecule has 2 N–H and O–H groups in total. The second-order valence-corrected chi connectivity index (χ2v) is 5.83. The minimum Gasteiger partial charge on any atom is -0.399 e. The topological polar surface area (TPSA) is 86.2 Å². The highest BCUT2D eigenvalue weighted by atomic mass is 32.2. The number of anilines is 1. The molecule has 20 heavy (non-hydrogen) atoms. The van der Waals surface area contributed by atoms with Crippen LogP contribution in [0.25, 0.3) is 0 Å². The Labute approximate surface area is 119 Å². The number of rotatable bonds is 5. The van der Waals surface area contributed by atoms with Crippen molar-refractivity contribution in [3.8, 4) is 0 Å². The zero-order valence-electron chi connectivity index (χ0n) is 10.7. The highest BCUT2D eigenvalue weighted by Crippen LogP contribution is 2.19. The third kappa shape index (κ3) is 3.42. The molecule has 6 heteroatoms. The van der Waals surface area contributed by atoms with Crippen molar-refractivity contribution in [3.05, 3.63) is 64.2 Å². The van der Waals surface area contributed by atoms with E-state index >= 15 is 0 Å². The van der Waals surface area contributed by atoms with Crippen LogP contribution in [0.3, 0.4) is 0 Å². The molecule has 2 rings (SSSR count). The van der Waals surface area contributed by atoms with Gasteiger partial charge < -0.3 is 5.73 Å². The standard InChI is InChI=1S/C14H14N2O3S/c15-12-5-3-6-13(10-12)20(19)9-8-11-4-1-2-7-14(11)16(17)18/h1-7,10H,8-9,15H2. The van der Waals surface area contributed by atoms with Gasteiger partial charge in [0.15, 0.2) is 0 Å². The number of hydrogen-bond acceptors (Lipinski definition) is 4. The molecule has 0 aliphatic heterocycles. The first kappa shape index (κ1) is 14.2. The lowest BCUT2D eigenvalue weighted by Crippen LogP contribution is -2.04. The van der Waals surface area contributed by atoms with Crippen molar-refractivity contribution in [2.75, 3.05) is 11.5 Å². The van der Waals surface area contributed by atoms with Gasteiger partial charge in [0.2, 0.25) is 0 Å². The van der Waals surface area contributed by atoms with Crippen LogP contribution in [0.5, 0.6) is 0 Å². The average molecular weight is 290 g/mol. The summed E-state index contributed by atoms with van der Waals surface area (Å²) in [6, 6.07) is 13.4. The van der Waals surface area contributed by atoms with Crippen molar-refractivity contribution in [2.45, 2.75) is 11.3 Å². The molecule has 0 spiro atoms. The van der Waals surface area contributed by atoms with Gasteiger partial charge in [-0.25, -0.2) is 0 Å². The molecule has 2 aromatic carbocycles. The summed E-state index contributed by atoms with van der Waals surface area (Å²) in [6.45, 7) is 0. The number of nitro benzene ring substituents is 1. The SMILES string of the molecule is Nc1cccc(S(=O)CCc2ccccc2[N+](=O)[O-])c1. The minimum absolute atomic E-state index is 0.0667. The highest BCUT2D eigenvalue weighted by molar-refractivity contribution is 7.85. The van der Waals surface area contributed by atoms with Gasteiger partial charge in [0.25, 0.3) is 5.69 Å². The van der Waals surface area contributed by atoms with Crippen molar-refractivity contribution in [1.82, 2.24) is 0 Å². The molecule has 0 saturated carbocycles. The lowest BCUT2D eigenvalue weighted by atomic mass is 10.1. The van der Waals surface area contributed by atoms with E-state index in [4.69, 9.17) is 5.73 Å². The normalized spacial score (nSPS) is 12.0. The Bertz CT molecular complexity index is 658. The number of hydrogen-bond donors (Lipinski definition) is 1. The smallest absolute Gasteiger partial charge is 0.272 e. The van der Waals surface area contributed by atoms with E-state index in [0.29, 0.717) is 28.3 Å². The molecule has 0 aromatic heterocycles. The minimum atomic E-state index is -1.22. The number of nitrogens with zero attached hydrogens (tertiary/aromatic N) is 1. The van der Waals surface area contributed by atoms with E-state index in [1.54, 1.807) is 42.5 Å². The average Bonchev–Trinajstić information content (AvgIpc) is 2.45. The van der Waals surface area contributed by atoms with E-state index in [0.717, 1.165) is 0 Å². The second kappa shape index (κ2) is 6.29. The van der Waals surface area contributed by atoms with Gasteiger partial charge in [-0.2, -0.15) is 0 Å². The molecule has 0 amide bonds. The zero-order valence-corrected chi connectivity index (χ0v) is 11.5. The van der Waals surface area contributed by atoms with Gasteiger partial charge in [-0.05, 0) is 24.6 Å². The summed E-state index contributed by atoms with van der Waals surface area (Å²) >= 11 is 0. The lowest BCUT2D eigenvalue weighted by molar-refractivity contribution is -0.385. The summed E-state index contributed by atoms with van der Waals surface area (Å²) in [5.74, 6) is 0.328. The molecule has 0 aliphatic carbocycles.